The van der Waals surface area contributed by atoms with Crippen molar-refractivity contribution in [2.45, 2.75) is 25.7 Å². The summed E-state index contributed by atoms with van der Waals surface area (Å²) in [6.07, 6.45) is 6.33. The van der Waals surface area contributed by atoms with Gasteiger partial charge in [-0.15, -0.1) is 0 Å². The fourth-order valence-electron chi connectivity index (χ4n) is 2.41. The molecule has 0 aliphatic heterocycles. The largest absolute Gasteiger partial charge is 0.399 e. The van der Waals surface area contributed by atoms with Gasteiger partial charge in [-0.25, -0.2) is 0 Å². The van der Waals surface area contributed by atoms with Crippen molar-refractivity contribution in [3.63, 3.8) is 0 Å². The van der Waals surface area contributed by atoms with Crippen LogP contribution in [0, 0.1) is 16.7 Å². The molecule has 1 aromatic carbocycles. The van der Waals surface area contributed by atoms with Crippen LogP contribution >= 0.6 is 11.6 Å². The van der Waals surface area contributed by atoms with E-state index < -0.39 is 0 Å². The number of nitrogens with zero attached hydrogens (tertiary/aromatic N) is 2. The van der Waals surface area contributed by atoms with Crippen LogP contribution in [0.3, 0.4) is 0 Å². The fraction of sp³-hybridized carbons (Fsp3) is 0.235. The first-order valence-electron chi connectivity index (χ1n) is 7.28. The number of aryl methyl sites for hydroxylation is 2. The average Bonchev–Trinajstić information content (AvgIpc) is 2.57. The SMILES string of the molecule is N#Cc1cnc2c(c1)CCCC2.N=C(Cl)c1cc(N)ccc1N. The van der Waals surface area contributed by atoms with E-state index in [4.69, 9.17) is 33.7 Å². The number of benzene rings is 1. The third-order valence-electron chi connectivity index (χ3n) is 3.61. The van der Waals surface area contributed by atoms with E-state index in [9.17, 15) is 0 Å². The van der Waals surface area contributed by atoms with Gasteiger partial charge in [0.2, 0.25) is 0 Å². The maximum Gasteiger partial charge on any atom is 0.130 e. The molecule has 3 rings (SSSR count). The molecule has 5 N–H and O–H groups in total. The molecule has 0 amide bonds. The molecule has 1 aromatic heterocycles. The summed E-state index contributed by atoms with van der Waals surface area (Å²) in [6, 6.07) is 8.95. The predicted octanol–water partition coefficient (Wildman–Crippen LogP) is 3.25. The Kier molecular flexibility index (Phi) is 5.56. The van der Waals surface area contributed by atoms with Gasteiger partial charge in [0.05, 0.1) is 5.56 Å². The van der Waals surface area contributed by atoms with E-state index in [0.717, 1.165) is 12.8 Å². The Balaban J connectivity index is 0.000000168. The van der Waals surface area contributed by atoms with Gasteiger partial charge in [0, 0.05) is 28.8 Å². The highest BCUT2D eigenvalue weighted by Crippen LogP contribution is 2.19. The van der Waals surface area contributed by atoms with E-state index in [1.807, 2.05) is 6.07 Å². The Labute approximate surface area is 140 Å². The zero-order valence-corrected chi connectivity index (χ0v) is 13.4. The molecular formula is C17H18ClN5. The lowest BCUT2D eigenvalue weighted by Gasteiger charge is -2.13. The number of nitriles is 1. The second-order valence-electron chi connectivity index (χ2n) is 5.31. The van der Waals surface area contributed by atoms with E-state index in [2.05, 4.69) is 11.1 Å². The van der Waals surface area contributed by atoms with Crippen molar-refractivity contribution in [1.82, 2.24) is 4.98 Å². The molecular weight excluding hydrogens is 310 g/mol. The Morgan fingerprint density at radius 3 is 2.61 bits per heavy atom. The van der Waals surface area contributed by atoms with Crippen molar-refractivity contribution >= 4 is 28.1 Å². The third-order valence-corrected chi connectivity index (χ3v) is 3.82. The van der Waals surface area contributed by atoms with Gasteiger partial charge < -0.3 is 11.5 Å². The molecule has 0 saturated heterocycles. The number of halogens is 1. The minimum atomic E-state index is -0.0881. The summed E-state index contributed by atoms with van der Waals surface area (Å²) in [5.41, 5.74) is 15.6. The average molecular weight is 328 g/mol. The minimum Gasteiger partial charge on any atom is -0.399 e. The van der Waals surface area contributed by atoms with Crippen LogP contribution in [-0.4, -0.2) is 10.2 Å². The van der Waals surface area contributed by atoms with Crippen molar-refractivity contribution in [3.05, 3.63) is 52.8 Å². The summed E-state index contributed by atoms with van der Waals surface area (Å²) < 4.78 is 0. The first-order chi connectivity index (χ1) is 11.0. The zero-order chi connectivity index (χ0) is 16.8. The number of hydrogen-bond acceptors (Lipinski definition) is 5. The van der Waals surface area contributed by atoms with Crippen LogP contribution in [0.2, 0.25) is 0 Å². The third kappa shape index (κ3) is 4.44. The van der Waals surface area contributed by atoms with Gasteiger partial charge in [-0.1, -0.05) is 11.6 Å². The van der Waals surface area contributed by atoms with Gasteiger partial charge in [0.15, 0.2) is 0 Å². The zero-order valence-electron chi connectivity index (χ0n) is 12.6. The molecule has 6 heteroatoms. The molecule has 1 aliphatic rings. The Hall–Kier alpha value is -2.58. The molecule has 1 aliphatic carbocycles. The molecule has 0 saturated carbocycles. The molecule has 0 radical (unpaired) electrons. The monoisotopic (exact) mass is 327 g/mol. The van der Waals surface area contributed by atoms with Gasteiger partial charge >= 0.3 is 0 Å². The maximum absolute atomic E-state index is 8.65. The summed E-state index contributed by atoms with van der Waals surface area (Å²) >= 11 is 5.43. The molecule has 0 fully saturated rings. The summed E-state index contributed by atoms with van der Waals surface area (Å²) in [7, 11) is 0. The van der Waals surface area contributed by atoms with Crippen molar-refractivity contribution in [2.24, 2.45) is 0 Å². The quantitative estimate of drug-likeness (QED) is 0.551. The first kappa shape index (κ1) is 16.8. The second kappa shape index (κ2) is 7.61. The Bertz CT molecular complexity index is 764. The Morgan fingerprint density at radius 1 is 1.22 bits per heavy atom. The van der Waals surface area contributed by atoms with Gasteiger partial charge in [0.25, 0.3) is 0 Å². The van der Waals surface area contributed by atoms with Crippen LogP contribution in [0.1, 0.15) is 35.2 Å². The highest BCUT2D eigenvalue weighted by Gasteiger charge is 2.10. The first-order valence-corrected chi connectivity index (χ1v) is 7.66. The Morgan fingerprint density at radius 2 is 1.96 bits per heavy atom. The molecule has 0 atom stereocenters. The number of fused-ring (bicyclic) bond motifs is 1. The van der Waals surface area contributed by atoms with Crippen molar-refractivity contribution in [3.8, 4) is 6.07 Å². The van der Waals surface area contributed by atoms with E-state index in [-0.39, 0.29) is 5.17 Å². The van der Waals surface area contributed by atoms with Gasteiger partial charge in [0.1, 0.15) is 11.2 Å². The predicted molar refractivity (Wildman–Crippen MR) is 93.5 cm³/mol. The lowest BCUT2D eigenvalue weighted by molar-refractivity contribution is 0.667. The highest BCUT2D eigenvalue weighted by molar-refractivity contribution is 6.69. The normalized spacial score (nSPS) is 12.3. The molecule has 0 unspecified atom stereocenters. The number of nitrogens with two attached hydrogens (primary N) is 2. The summed E-state index contributed by atoms with van der Waals surface area (Å²) in [4.78, 5) is 4.27. The standard InChI is InChI=1S/C10H10N2.C7H8ClN3/c11-6-8-5-9-3-1-2-4-10(9)12-7-8;8-7(11)5-3-4(9)1-2-6(5)10/h5,7H,1-4H2;1-3,11H,9-10H2. The van der Waals surface area contributed by atoms with Crippen molar-refractivity contribution < 1.29 is 0 Å². The number of rotatable bonds is 1. The van der Waals surface area contributed by atoms with Crippen LogP contribution in [0.15, 0.2) is 30.5 Å². The highest BCUT2D eigenvalue weighted by atomic mass is 35.5. The van der Waals surface area contributed by atoms with Crippen LogP contribution in [0.5, 0.6) is 0 Å². The van der Waals surface area contributed by atoms with Crippen LogP contribution in [-0.2, 0) is 12.8 Å². The number of hydrogen-bond donors (Lipinski definition) is 3. The number of nitrogen functional groups attached to an aromatic ring is 2. The topological polar surface area (TPSA) is 113 Å². The maximum atomic E-state index is 8.65. The number of pyridine rings is 1. The molecule has 0 spiro atoms. The smallest absolute Gasteiger partial charge is 0.130 e. The fourth-order valence-corrected chi connectivity index (χ4v) is 2.58. The summed E-state index contributed by atoms with van der Waals surface area (Å²) in [5, 5.41) is 15.7. The molecule has 5 nitrogen and oxygen atoms in total. The van der Waals surface area contributed by atoms with Crippen LogP contribution in [0.25, 0.3) is 0 Å². The number of aromatic nitrogens is 1. The van der Waals surface area contributed by atoms with E-state index in [1.165, 1.54) is 24.1 Å². The minimum absolute atomic E-state index is 0.0881. The van der Waals surface area contributed by atoms with Gasteiger partial charge in [-0.05, 0) is 55.5 Å². The molecule has 23 heavy (non-hydrogen) atoms. The van der Waals surface area contributed by atoms with Crippen LogP contribution < -0.4 is 11.5 Å². The molecule has 2 aromatic rings. The summed E-state index contributed by atoms with van der Waals surface area (Å²) in [5.74, 6) is 0. The van der Waals surface area contributed by atoms with Gasteiger partial charge in [-0.2, -0.15) is 5.26 Å². The molecule has 118 valence electrons. The lowest BCUT2D eigenvalue weighted by atomic mass is 9.95. The van der Waals surface area contributed by atoms with Gasteiger partial charge in [-0.3, -0.25) is 10.4 Å². The van der Waals surface area contributed by atoms with Crippen molar-refractivity contribution in [1.29, 1.82) is 10.7 Å². The lowest BCUT2D eigenvalue weighted by Crippen LogP contribution is -2.05. The number of anilines is 2. The van der Waals surface area contributed by atoms with Crippen molar-refractivity contribution in [2.75, 3.05) is 11.5 Å². The molecule has 0 bridgehead atoms. The van der Waals surface area contributed by atoms with Crippen LogP contribution in [0.4, 0.5) is 11.4 Å². The second-order valence-corrected chi connectivity index (χ2v) is 5.69. The van der Waals surface area contributed by atoms with E-state index in [1.54, 1.807) is 24.4 Å². The van der Waals surface area contributed by atoms with E-state index in [0.29, 0.717) is 22.5 Å². The summed E-state index contributed by atoms with van der Waals surface area (Å²) in [6.45, 7) is 0. The number of nitrogens with one attached hydrogen (secondary N) is 1. The van der Waals surface area contributed by atoms with E-state index >= 15 is 0 Å². The molecule has 1 heterocycles.